The molecule has 1 saturated carbocycles. The molecule has 3 aliphatic heterocycles. The van der Waals surface area contributed by atoms with Gasteiger partial charge in [0.05, 0.1) is 0 Å². The van der Waals surface area contributed by atoms with Crippen LogP contribution in [0.25, 0.3) is 0 Å². The minimum absolute atomic E-state index is 0.00212. The Kier molecular flexibility index (Phi) is 7.15. The number of hydrogen-bond donors (Lipinski definition) is 2. The van der Waals surface area contributed by atoms with Gasteiger partial charge in [0.2, 0.25) is 0 Å². The average Bonchev–Trinajstić information content (AvgIpc) is 3.47. The van der Waals surface area contributed by atoms with Crippen LogP contribution >= 0.6 is 11.9 Å². The zero-order valence-corrected chi connectivity index (χ0v) is 22.0. The van der Waals surface area contributed by atoms with Crippen LogP contribution in [0, 0.1) is 5.92 Å². The third kappa shape index (κ3) is 4.49. The Hall–Kier alpha value is -2.03. The highest BCUT2D eigenvalue weighted by Gasteiger charge is 2.49. The summed E-state index contributed by atoms with van der Waals surface area (Å²) >= 11 is 1.28. The van der Waals surface area contributed by atoms with Crippen molar-refractivity contribution in [2.24, 2.45) is 16.0 Å². The number of para-hydroxylation sites is 1. The average molecular weight is 497 g/mol. The molecule has 1 aliphatic carbocycles. The largest absolute Gasteiger partial charge is 0.347 e. The van der Waals surface area contributed by atoms with E-state index >= 15 is 0 Å². The van der Waals surface area contributed by atoms with Gasteiger partial charge < -0.3 is 15.1 Å². The van der Waals surface area contributed by atoms with Crippen LogP contribution in [0.15, 0.2) is 41.5 Å². The number of anilines is 1. The van der Waals surface area contributed by atoms with E-state index in [1.54, 1.807) is 7.05 Å². The summed E-state index contributed by atoms with van der Waals surface area (Å²) < 4.78 is 0. The molecule has 3 N–H and O–H groups in total. The van der Waals surface area contributed by atoms with Crippen molar-refractivity contribution >= 4 is 28.8 Å². The van der Waals surface area contributed by atoms with Gasteiger partial charge in [-0.15, -0.1) is 0 Å². The van der Waals surface area contributed by atoms with E-state index < -0.39 is 0 Å². The van der Waals surface area contributed by atoms with Gasteiger partial charge in [-0.3, -0.25) is 10.0 Å². The first kappa shape index (κ1) is 24.7. The Morgan fingerprint density at radius 3 is 2.74 bits per heavy atom. The molecule has 8 heteroatoms. The van der Waals surface area contributed by atoms with Gasteiger partial charge in [0.15, 0.2) is 5.17 Å². The summed E-state index contributed by atoms with van der Waals surface area (Å²) in [4.78, 5) is 24.5. The molecular weight excluding hydrogens is 456 g/mol. The van der Waals surface area contributed by atoms with Crippen molar-refractivity contribution in [2.75, 3.05) is 38.1 Å². The summed E-state index contributed by atoms with van der Waals surface area (Å²) in [6.07, 6.45) is 8.04. The molecule has 7 nitrogen and oxygen atoms in total. The molecule has 1 aromatic rings. The lowest BCUT2D eigenvalue weighted by molar-refractivity contribution is 0.118. The van der Waals surface area contributed by atoms with E-state index in [1.165, 1.54) is 43.2 Å². The molecule has 190 valence electrons. The highest BCUT2D eigenvalue weighted by molar-refractivity contribution is 8.11. The second kappa shape index (κ2) is 10.1. The number of carbonyl (C=O) groups is 1. The molecule has 3 atom stereocenters. The molecule has 0 radical (unpaired) electrons. The van der Waals surface area contributed by atoms with Crippen molar-refractivity contribution in [2.45, 2.75) is 69.4 Å². The molecule has 0 aromatic heterocycles. The highest BCUT2D eigenvalue weighted by Crippen LogP contribution is 2.48. The molecule has 35 heavy (non-hydrogen) atoms. The molecule has 4 aliphatic rings. The standard InChI is InChI=1S/C27H40N6OS/c1-4-19(2)30-26(35-28)32-13-7-8-20-16-21(17-24(20)32)31-14-11-27(12-15-31)18-33(25(34)29-3)23-10-6-5-9-22(23)27/h5-6,9-10,20-21,24H,2,4,7-8,11-18,28H2,1,3H3,(H,29,34)/b30-26-. The number of piperidine rings is 2. The Bertz CT molecular complexity index is 988. The number of rotatable bonds is 3. The first-order valence-electron chi connectivity index (χ1n) is 13.2. The molecule has 3 heterocycles. The predicted octanol–water partition coefficient (Wildman–Crippen LogP) is 4.31. The molecule has 2 amide bonds. The van der Waals surface area contributed by atoms with Crippen molar-refractivity contribution < 1.29 is 4.79 Å². The van der Waals surface area contributed by atoms with E-state index in [4.69, 9.17) is 10.1 Å². The Morgan fingerprint density at radius 1 is 1.26 bits per heavy atom. The van der Waals surface area contributed by atoms with Crippen LogP contribution in [-0.2, 0) is 5.41 Å². The minimum Gasteiger partial charge on any atom is -0.347 e. The van der Waals surface area contributed by atoms with Gasteiger partial charge in [-0.25, -0.2) is 9.79 Å². The van der Waals surface area contributed by atoms with Crippen LogP contribution < -0.4 is 15.4 Å². The van der Waals surface area contributed by atoms with Crippen LogP contribution in [0.1, 0.15) is 57.4 Å². The lowest BCUT2D eigenvalue weighted by Crippen LogP contribution is -2.50. The summed E-state index contributed by atoms with van der Waals surface area (Å²) in [5.74, 6) is 0.716. The predicted molar refractivity (Wildman–Crippen MR) is 146 cm³/mol. The summed E-state index contributed by atoms with van der Waals surface area (Å²) in [5, 5.41) is 9.85. The summed E-state index contributed by atoms with van der Waals surface area (Å²) in [5.41, 5.74) is 3.42. The van der Waals surface area contributed by atoms with E-state index in [0.29, 0.717) is 18.0 Å². The fourth-order valence-corrected chi connectivity index (χ4v) is 7.60. The van der Waals surface area contributed by atoms with E-state index in [1.807, 2.05) is 11.0 Å². The molecule has 2 saturated heterocycles. The number of allylic oxidation sites excluding steroid dienone is 1. The smallest absolute Gasteiger partial charge is 0.321 e. The molecule has 5 rings (SSSR count). The quantitative estimate of drug-likeness (QED) is 0.370. The summed E-state index contributed by atoms with van der Waals surface area (Å²) in [6, 6.07) is 9.65. The number of amides is 2. The first-order valence-corrected chi connectivity index (χ1v) is 14.1. The number of amidine groups is 1. The van der Waals surface area contributed by atoms with Crippen molar-refractivity contribution in [1.29, 1.82) is 0 Å². The van der Waals surface area contributed by atoms with Crippen LogP contribution in [0.3, 0.4) is 0 Å². The van der Waals surface area contributed by atoms with Gasteiger partial charge in [-0.05, 0) is 87.5 Å². The number of urea groups is 1. The number of likely N-dealkylation sites (tertiary alicyclic amines) is 2. The Balaban J connectivity index is 1.28. The maximum atomic E-state index is 12.6. The van der Waals surface area contributed by atoms with Crippen molar-refractivity contribution in [1.82, 2.24) is 15.1 Å². The molecule has 1 aromatic carbocycles. The second-order valence-electron chi connectivity index (χ2n) is 10.7. The van der Waals surface area contributed by atoms with Gasteiger partial charge in [-0.2, -0.15) is 0 Å². The van der Waals surface area contributed by atoms with Gasteiger partial charge in [-0.1, -0.05) is 31.7 Å². The SMILES string of the molecule is C=C(CC)/N=C(\SN)N1CCCC2CC(N3CCC4(CC3)CN(C(=O)NC)c3ccccc34)CC21. The minimum atomic E-state index is -0.00212. The van der Waals surface area contributed by atoms with Gasteiger partial charge in [0, 0.05) is 49.0 Å². The Morgan fingerprint density at radius 2 is 2.03 bits per heavy atom. The van der Waals surface area contributed by atoms with Crippen LogP contribution in [0.2, 0.25) is 0 Å². The fourth-order valence-electron chi connectivity index (χ4n) is 7.06. The number of aliphatic imine (C=N–C) groups is 1. The number of nitrogens with zero attached hydrogens (tertiary/aromatic N) is 4. The maximum absolute atomic E-state index is 12.6. The maximum Gasteiger partial charge on any atom is 0.321 e. The van der Waals surface area contributed by atoms with E-state index in [9.17, 15) is 4.79 Å². The molecule has 3 fully saturated rings. The first-order chi connectivity index (χ1) is 17.0. The van der Waals surface area contributed by atoms with E-state index in [-0.39, 0.29) is 11.4 Å². The topological polar surface area (TPSA) is 77.2 Å². The Labute approximate surface area is 214 Å². The number of hydrogen-bond acceptors (Lipinski definition) is 5. The van der Waals surface area contributed by atoms with Crippen molar-refractivity contribution in [3.63, 3.8) is 0 Å². The lowest BCUT2D eigenvalue weighted by Gasteiger charge is -2.42. The van der Waals surface area contributed by atoms with Crippen LogP contribution in [0.5, 0.6) is 0 Å². The van der Waals surface area contributed by atoms with Gasteiger partial charge in [0.25, 0.3) is 0 Å². The number of nitrogens with two attached hydrogens (primary N) is 1. The molecule has 1 spiro atoms. The fraction of sp³-hybridized carbons (Fsp3) is 0.630. The van der Waals surface area contributed by atoms with Crippen molar-refractivity contribution in [3.8, 4) is 0 Å². The number of benzene rings is 1. The van der Waals surface area contributed by atoms with Gasteiger partial charge >= 0.3 is 6.03 Å². The van der Waals surface area contributed by atoms with Crippen molar-refractivity contribution in [3.05, 3.63) is 42.1 Å². The normalized spacial score (nSPS) is 28.2. The molecule has 3 unspecified atom stereocenters. The lowest BCUT2D eigenvalue weighted by atomic mass is 9.74. The highest BCUT2D eigenvalue weighted by atomic mass is 32.2. The third-order valence-corrected chi connectivity index (χ3v) is 9.51. The second-order valence-corrected chi connectivity index (χ2v) is 11.3. The number of nitrogens with one attached hydrogen (secondary N) is 1. The van der Waals surface area contributed by atoms with E-state index in [0.717, 1.165) is 62.0 Å². The van der Waals surface area contributed by atoms with Crippen LogP contribution in [0.4, 0.5) is 10.5 Å². The monoisotopic (exact) mass is 496 g/mol. The number of carbonyl (C=O) groups excluding carboxylic acids is 1. The summed E-state index contributed by atoms with van der Waals surface area (Å²) in [6.45, 7) is 10.2. The number of fused-ring (bicyclic) bond motifs is 3. The van der Waals surface area contributed by atoms with Crippen LogP contribution in [-0.4, -0.2) is 66.3 Å². The van der Waals surface area contributed by atoms with Gasteiger partial charge in [0.1, 0.15) is 0 Å². The van der Waals surface area contributed by atoms with E-state index in [2.05, 4.69) is 46.8 Å². The molecular formula is C27H40N6OS. The third-order valence-electron chi connectivity index (χ3n) is 8.98. The summed E-state index contributed by atoms with van der Waals surface area (Å²) in [7, 11) is 1.72. The zero-order valence-electron chi connectivity index (χ0n) is 21.2. The zero-order chi connectivity index (χ0) is 24.6. The molecule has 0 bridgehead atoms.